The van der Waals surface area contributed by atoms with Crippen LogP contribution in [0, 0.1) is 5.92 Å². The molecule has 16 heavy (non-hydrogen) atoms. The van der Waals surface area contributed by atoms with Gasteiger partial charge >= 0.3 is 0 Å². The zero-order valence-electron chi connectivity index (χ0n) is 9.52. The van der Waals surface area contributed by atoms with Crippen LogP contribution in [0.15, 0.2) is 24.3 Å². The zero-order valence-corrected chi connectivity index (χ0v) is 9.52. The average molecular weight is 218 g/mol. The van der Waals surface area contributed by atoms with Gasteiger partial charge in [-0.25, -0.2) is 0 Å². The molecule has 0 amide bonds. The smallest absolute Gasteiger partial charge is 0.203 e. The maximum absolute atomic E-state index is 5.95. The predicted octanol–water partition coefficient (Wildman–Crippen LogP) is 3.50. The zero-order chi connectivity index (χ0) is 10.8. The second-order valence-electron chi connectivity index (χ2n) is 4.80. The first kappa shape index (κ1) is 10.2. The second kappa shape index (κ2) is 4.46. The number of fused-ring (bicyclic) bond motifs is 1. The van der Waals surface area contributed by atoms with Crippen molar-refractivity contribution in [2.45, 2.75) is 45.0 Å². The molecule has 1 aliphatic carbocycles. The van der Waals surface area contributed by atoms with Crippen molar-refractivity contribution in [1.82, 2.24) is 0 Å². The van der Waals surface area contributed by atoms with Crippen LogP contribution in [-0.4, -0.2) is 6.29 Å². The summed E-state index contributed by atoms with van der Waals surface area (Å²) in [6, 6.07) is 8.19. The van der Waals surface area contributed by atoms with Gasteiger partial charge in [-0.05, 0) is 18.9 Å². The van der Waals surface area contributed by atoms with Gasteiger partial charge in [0.15, 0.2) is 0 Å². The fraction of sp³-hybridized carbons (Fsp3) is 0.571. The Hall–Kier alpha value is -1.02. The van der Waals surface area contributed by atoms with E-state index in [-0.39, 0.29) is 6.29 Å². The number of ether oxygens (including phenoxy) is 2. The van der Waals surface area contributed by atoms with E-state index in [0.29, 0.717) is 12.5 Å². The summed E-state index contributed by atoms with van der Waals surface area (Å²) in [6.45, 7) is 0.706. The molecule has 1 saturated carbocycles. The minimum atomic E-state index is -0.00444. The van der Waals surface area contributed by atoms with E-state index in [9.17, 15) is 0 Å². The van der Waals surface area contributed by atoms with E-state index in [0.717, 1.165) is 5.75 Å². The molecule has 1 unspecified atom stereocenters. The summed E-state index contributed by atoms with van der Waals surface area (Å²) in [6.07, 6.45) is 6.54. The summed E-state index contributed by atoms with van der Waals surface area (Å²) < 4.78 is 11.8. The molecule has 1 aromatic carbocycles. The summed E-state index contributed by atoms with van der Waals surface area (Å²) in [5, 5.41) is 0. The Balaban J connectivity index is 1.72. The highest BCUT2D eigenvalue weighted by Gasteiger charge is 2.29. The summed E-state index contributed by atoms with van der Waals surface area (Å²) >= 11 is 0. The standard InChI is InChI=1S/C14H18O2/c1-2-6-11(7-3-1)14-15-10-12-8-4-5-9-13(12)16-14/h4-5,8-9,11,14H,1-3,6-7,10H2. The first-order chi connectivity index (χ1) is 7.93. The Morgan fingerprint density at radius 1 is 1.00 bits per heavy atom. The molecular weight excluding hydrogens is 200 g/mol. The summed E-state index contributed by atoms with van der Waals surface area (Å²) in [4.78, 5) is 0. The second-order valence-corrected chi connectivity index (χ2v) is 4.80. The van der Waals surface area contributed by atoms with Crippen molar-refractivity contribution in [3.05, 3.63) is 29.8 Å². The molecule has 1 aromatic rings. The first-order valence-corrected chi connectivity index (χ1v) is 6.29. The van der Waals surface area contributed by atoms with E-state index < -0.39 is 0 Å². The largest absolute Gasteiger partial charge is 0.464 e. The molecule has 86 valence electrons. The molecule has 0 radical (unpaired) electrons. The van der Waals surface area contributed by atoms with Gasteiger partial charge in [0.25, 0.3) is 0 Å². The third kappa shape index (κ3) is 1.94. The topological polar surface area (TPSA) is 18.5 Å². The van der Waals surface area contributed by atoms with Crippen LogP contribution in [0.5, 0.6) is 5.75 Å². The van der Waals surface area contributed by atoms with E-state index in [4.69, 9.17) is 9.47 Å². The average Bonchev–Trinajstić information content (AvgIpc) is 2.39. The lowest BCUT2D eigenvalue weighted by Crippen LogP contribution is -2.34. The van der Waals surface area contributed by atoms with Gasteiger partial charge in [0.2, 0.25) is 6.29 Å². The Bertz CT molecular complexity index is 356. The molecule has 2 nitrogen and oxygen atoms in total. The maximum atomic E-state index is 5.95. The van der Waals surface area contributed by atoms with Crippen LogP contribution in [0.3, 0.4) is 0 Å². The van der Waals surface area contributed by atoms with Gasteiger partial charge in [-0.3, -0.25) is 0 Å². The van der Waals surface area contributed by atoms with Crippen molar-refractivity contribution in [1.29, 1.82) is 0 Å². The van der Waals surface area contributed by atoms with Crippen LogP contribution in [-0.2, 0) is 11.3 Å². The van der Waals surface area contributed by atoms with Crippen molar-refractivity contribution >= 4 is 0 Å². The van der Waals surface area contributed by atoms with Crippen molar-refractivity contribution in [3.63, 3.8) is 0 Å². The normalized spacial score (nSPS) is 25.9. The quantitative estimate of drug-likeness (QED) is 0.718. The van der Waals surface area contributed by atoms with E-state index in [1.165, 1.54) is 37.7 Å². The van der Waals surface area contributed by atoms with Crippen LogP contribution < -0.4 is 4.74 Å². The summed E-state index contributed by atoms with van der Waals surface area (Å²) in [5.74, 6) is 1.62. The molecule has 0 saturated heterocycles. The number of hydrogen-bond acceptors (Lipinski definition) is 2. The summed E-state index contributed by atoms with van der Waals surface area (Å²) in [5.41, 5.74) is 1.18. The number of rotatable bonds is 1. The van der Waals surface area contributed by atoms with Crippen molar-refractivity contribution in [2.75, 3.05) is 0 Å². The van der Waals surface area contributed by atoms with Crippen LogP contribution in [0.4, 0.5) is 0 Å². The van der Waals surface area contributed by atoms with E-state index in [2.05, 4.69) is 6.07 Å². The van der Waals surface area contributed by atoms with Crippen molar-refractivity contribution in [2.24, 2.45) is 5.92 Å². The minimum Gasteiger partial charge on any atom is -0.464 e. The van der Waals surface area contributed by atoms with E-state index in [1.807, 2.05) is 18.2 Å². The van der Waals surface area contributed by atoms with Gasteiger partial charge in [0.05, 0.1) is 6.61 Å². The lowest BCUT2D eigenvalue weighted by Gasteiger charge is -2.34. The molecule has 2 aliphatic rings. The maximum Gasteiger partial charge on any atom is 0.203 e. The highest BCUT2D eigenvalue weighted by Crippen LogP contribution is 2.34. The molecule has 0 spiro atoms. The summed E-state index contributed by atoms with van der Waals surface area (Å²) in [7, 11) is 0. The molecule has 0 aromatic heterocycles. The predicted molar refractivity (Wildman–Crippen MR) is 62.2 cm³/mol. The first-order valence-electron chi connectivity index (χ1n) is 6.29. The van der Waals surface area contributed by atoms with Gasteiger partial charge in [-0.2, -0.15) is 0 Å². The molecule has 3 rings (SSSR count). The van der Waals surface area contributed by atoms with Crippen LogP contribution in [0.25, 0.3) is 0 Å². The third-order valence-corrected chi connectivity index (χ3v) is 3.65. The fourth-order valence-corrected chi connectivity index (χ4v) is 2.71. The van der Waals surface area contributed by atoms with Crippen molar-refractivity contribution in [3.8, 4) is 5.75 Å². The Morgan fingerprint density at radius 3 is 2.69 bits per heavy atom. The number of benzene rings is 1. The molecule has 0 bridgehead atoms. The lowest BCUT2D eigenvalue weighted by molar-refractivity contribution is -0.146. The van der Waals surface area contributed by atoms with Gasteiger partial charge < -0.3 is 9.47 Å². The highest BCUT2D eigenvalue weighted by atomic mass is 16.7. The monoisotopic (exact) mass is 218 g/mol. The van der Waals surface area contributed by atoms with E-state index >= 15 is 0 Å². The van der Waals surface area contributed by atoms with Gasteiger partial charge in [-0.1, -0.05) is 37.5 Å². The van der Waals surface area contributed by atoms with Gasteiger partial charge in [0.1, 0.15) is 5.75 Å². The van der Waals surface area contributed by atoms with Crippen molar-refractivity contribution < 1.29 is 9.47 Å². The van der Waals surface area contributed by atoms with Crippen LogP contribution >= 0.6 is 0 Å². The minimum absolute atomic E-state index is 0.00444. The Morgan fingerprint density at radius 2 is 1.81 bits per heavy atom. The van der Waals surface area contributed by atoms with Gasteiger partial charge in [-0.15, -0.1) is 0 Å². The van der Waals surface area contributed by atoms with Crippen LogP contribution in [0.2, 0.25) is 0 Å². The fourth-order valence-electron chi connectivity index (χ4n) is 2.71. The van der Waals surface area contributed by atoms with E-state index in [1.54, 1.807) is 0 Å². The molecule has 1 heterocycles. The molecule has 1 fully saturated rings. The molecular formula is C14H18O2. The lowest BCUT2D eigenvalue weighted by atomic mass is 9.88. The third-order valence-electron chi connectivity index (χ3n) is 3.65. The molecule has 1 aliphatic heterocycles. The number of hydrogen-bond donors (Lipinski definition) is 0. The highest BCUT2D eigenvalue weighted by molar-refractivity contribution is 5.33. The molecule has 1 atom stereocenters. The van der Waals surface area contributed by atoms with Gasteiger partial charge in [0, 0.05) is 11.5 Å². The Kier molecular flexibility index (Phi) is 2.83. The SMILES string of the molecule is c1ccc2c(c1)COC(C1CCCCC1)O2. The molecule has 2 heteroatoms. The molecule has 0 N–H and O–H groups in total. The number of para-hydroxylation sites is 1. The van der Waals surface area contributed by atoms with Crippen LogP contribution in [0.1, 0.15) is 37.7 Å². The Labute approximate surface area is 96.6 Å².